The lowest BCUT2D eigenvalue weighted by Gasteiger charge is -2.26. The minimum atomic E-state index is -3.89. The predicted molar refractivity (Wildman–Crippen MR) is 127 cm³/mol. The van der Waals surface area contributed by atoms with Gasteiger partial charge < -0.3 is 9.64 Å². The number of amides is 1. The number of nitrogens with zero attached hydrogens (tertiary/aromatic N) is 2. The highest BCUT2D eigenvalue weighted by Gasteiger charge is 2.28. The number of carbonyl (C=O) groups excluding carboxylic acids is 1. The zero-order valence-electron chi connectivity index (χ0n) is 17.9. The van der Waals surface area contributed by atoms with E-state index in [-0.39, 0.29) is 23.9 Å². The molecule has 6 nitrogen and oxygen atoms in total. The number of rotatable bonds is 11. The molecule has 8 heteroatoms. The number of methoxy groups -OCH3 is 1. The van der Waals surface area contributed by atoms with Gasteiger partial charge in [0, 0.05) is 18.0 Å². The van der Waals surface area contributed by atoms with E-state index in [1.807, 2.05) is 47.8 Å². The van der Waals surface area contributed by atoms with Gasteiger partial charge in [-0.05, 0) is 41.3 Å². The van der Waals surface area contributed by atoms with Crippen LogP contribution in [-0.2, 0) is 27.9 Å². The third-order valence-electron chi connectivity index (χ3n) is 4.84. The summed E-state index contributed by atoms with van der Waals surface area (Å²) in [5.41, 5.74) is 0.977. The molecule has 2 aromatic carbocycles. The molecule has 3 aromatic rings. The van der Waals surface area contributed by atoms with Crippen LogP contribution >= 0.6 is 11.3 Å². The smallest absolute Gasteiger partial charge is 0.243 e. The zero-order valence-corrected chi connectivity index (χ0v) is 19.5. The summed E-state index contributed by atoms with van der Waals surface area (Å²) >= 11 is 1.56. The fraction of sp³-hybridized carbons (Fsp3) is 0.208. The van der Waals surface area contributed by atoms with Crippen molar-refractivity contribution < 1.29 is 17.9 Å². The van der Waals surface area contributed by atoms with E-state index in [0.717, 1.165) is 14.7 Å². The summed E-state index contributed by atoms with van der Waals surface area (Å²) in [5, 5.41) is 1.96. The molecule has 168 valence electrons. The lowest BCUT2D eigenvalue weighted by molar-refractivity contribution is -0.132. The summed E-state index contributed by atoms with van der Waals surface area (Å²) in [6, 6.07) is 19.7. The minimum absolute atomic E-state index is 0.0261. The van der Waals surface area contributed by atoms with Gasteiger partial charge in [0.05, 0.1) is 25.1 Å². The van der Waals surface area contributed by atoms with Crippen LogP contribution in [0.1, 0.15) is 10.4 Å². The Morgan fingerprint density at radius 3 is 2.34 bits per heavy atom. The van der Waals surface area contributed by atoms with Crippen LogP contribution in [0.3, 0.4) is 0 Å². The molecule has 0 aliphatic rings. The number of sulfonamides is 1. The third-order valence-corrected chi connectivity index (χ3v) is 7.52. The van der Waals surface area contributed by atoms with E-state index >= 15 is 0 Å². The van der Waals surface area contributed by atoms with E-state index < -0.39 is 10.0 Å². The van der Waals surface area contributed by atoms with Crippen LogP contribution in [0, 0.1) is 0 Å². The van der Waals surface area contributed by atoms with Gasteiger partial charge in [0.15, 0.2) is 0 Å². The van der Waals surface area contributed by atoms with Gasteiger partial charge in [0.1, 0.15) is 5.75 Å². The second-order valence-electron chi connectivity index (χ2n) is 7.08. The van der Waals surface area contributed by atoms with Crippen LogP contribution in [0.15, 0.2) is 89.7 Å². The molecule has 0 aliphatic carbocycles. The van der Waals surface area contributed by atoms with Gasteiger partial charge >= 0.3 is 0 Å². The Bertz CT molecular complexity index is 1110. The molecule has 3 rings (SSSR count). The molecule has 0 saturated carbocycles. The Kier molecular flexibility index (Phi) is 8.21. The standard InChI is InChI=1S/C24H26N2O4S2/c1-3-15-26(32(28,29)23-13-11-21(30-2)12-14-23)19-24(27)25(18-22-10-7-16-31-22)17-20-8-5-4-6-9-20/h3-14,16H,1,15,17-19H2,2H3. The first-order valence-corrected chi connectivity index (χ1v) is 12.3. The Hall–Kier alpha value is -2.94. The second-order valence-corrected chi connectivity index (χ2v) is 10.0. The summed E-state index contributed by atoms with van der Waals surface area (Å²) < 4.78 is 32.7. The van der Waals surface area contributed by atoms with Gasteiger partial charge in [-0.15, -0.1) is 17.9 Å². The Morgan fingerprint density at radius 1 is 1.03 bits per heavy atom. The van der Waals surface area contributed by atoms with Gasteiger partial charge in [-0.2, -0.15) is 4.31 Å². The first-order chi connectivity index (χ1) is 15.4. The van der Waals surface area contributed by atoms with Gasteiger partial charge in [-0.3, -0.25) is 4.79 Å². The molecule has 1 amide bonds. The van der Waals surface area contributed by atoms with E-state index in [1.54, 1.807) is 28.4 Å². The fourth-order valence-electron chi connectivity index (χ4n) is 3.17. The van der Waals surface area contributed by atoms with Crippen molar-refractivity contribution in [2.45, 2.75) is 18.0 Å². The maximum Gasteiger partial charge on any atom is 0.243 e. The minimum Gasteiger partial charge on any atom is -0.497 e. The summed E-state index contributed by atoms with van der Waals surface area (Å²) in [6.07, 6.45) is 1.48. The summed E-state index contributed by atoms with van der Waals surface area (Å²) in [4.78, 5) is 16.1. The average Bonchev–Trinajstić information content (AvgIpc) is 3.32. The molecule has 0 N–H and O–H groups in total. The summed E-state index contributed by atoms with van der Waals surface area (Å²) in [5.74, 6) is 0.279. The SMILES string of the molecule is C=CCN(CC(=O)N(Cc1ccccc1)Cc1cccs1)S(=O)(=O)c1ccc(OC)cc1. The molecular weight excluding hydrogens is 444 g/mol. The van der Waals surface area contributed by atoms with Gasteiger partial charge in [0.2, 0.25) is 15.9 Å². The third kappa shape index (κ3) is 6.06. The Balaban J connectivity index is 1.83. The lowest BCUT2D eigenvalue weighted by Crippen LogP contribution is -2.42. The van der Waals surface area contributed by atoms with Crippen LogP contribution in [0.25, 0.3) is 0 Å². The maximum absolute atomic E-state index is 13.3. The van der Waals surface area contributed by atoms with Crippen molar-refractivity contribution in [3.05, 3.63) is 95.2 Å². The molecule has 0 spiro atoms. The zero-order chi connectivity index (χ0) is 23.0. The van der Waals surface area contributed by atoms with E-state index in [4.69, 9.17) is 4.74 Å². The van der Waals surface area contributed by atoms with Gasteiger partial charge in [-0.1, -0.05) is 42.5 Å². The molecule has 32 heavy (non-hydrogen) atoms. The quantitative estimate of drug-likeness (QED) is 0.395. The average molecular weight is 471 g/mol. The summed E-state index contributed by atoms with van der Waals surface area (Å²) in [6.45, 7) is 4.22. The van der Waals surface area contributed by atoms with Crippen molar-refractivity contribution in [3.63, 3.8) is 0 Å². The van der Waals surface area contributed by atoms with Crippen LogP contribution in [0.4, 0.5) is 0 Å². The van der Waals surface area contributed by atoms with Crippen molar-refractivity contribution in [1.82, 2.24) is 9.21 Å². The molecule has 0 radical (unpaired) electrons. The number of benzene rings is 2. The van der Waals surface area contributed by atoms with Gasteiger partial charge in [0.25, 0.3) is 0 Å². The molecule has 0 unspecified atom stereocenters. The normalized spacial score (nSPS) is 11.3. The Labute approximate surface area is 193 Å². The number of thiophene rings is 1. The molecule has 0 saturated heterocycles. The van der Waals surface area contributed by atoms with E-state index in [2.05, 4.69) is 6.58 Å². The van der Waals surface area contributed by atoms with Crippen LogP contribution in [0.2, 0.25) is 0 Å². The molecule has 0 aliphatic heterocycles. The highest BCUT2D eigenvalue weighted by atomic mass is 32.2. The molecule has 0 bridgehead atoms. The molecule has 1 aromatic heterocycles. The van der Waals surface area contributed by atoms with E-state index in [1.165, 1.54) is 25.3 Å². The first-order valence-electron chi connectivity index (χ1n) is 10.0. The van der Waals surface area contributed by atoms with Crippen molar-refractivity contribution in [2.24, 2.45) is 0 Å². The largest absolute Gasteiger partial charge is 0.497 e. The molecular formula is C24H26N2O4S2. The van der Waals surface area contributed by atoms with Crippen molar-refractivity contribution in [2.75, 3.05) is 20.2 Å². The number of hydrogen-bond acceptors (Lipinski definition) is 5. The van der Waals surface area contributed by atoms with Crippen LogP contribution < -0.4 is 4.74 Å². The lowest BCUT2D eigenvalue weighted by atomic mass is 10.2. The highest BCUT2D eigenvalue weighted by Crippen LogP contribution is 2.21. The maximum atomic E-state index is 13.3. The first kappa shape index (κ1) is 23.7. The van der Waals surface area contributed by atoms with Crippen LogP contribution in [-0.4, -0.2) is 43.7 Å². The van der Waals surface area contributed by atoms with Crippen LogP contribution in [0.5, 0.6) is 5.75 Å². The van der Waals surface area contributed by atoms with Gasteiger partial charge in [-0.25, -0.2) is 8.42 Å². The summed E-state index contributed by atoms with van der Waals surface area (Å²) in [7, 11) is -2.38. The van der Waals surface area contributed by atoms with Crippen molar-refractivity contribution >= 4 is 27.3 Å². The monoisotopic (exact) mass is 470 g/mol. The number of carbonyl (C=O) groups is 1. The fourth-order valence-corrected chi connectivity index (χ4v) is 5.25. The highest BCUT2D eigenvalue weighted by molar-refractivity contribution is 7.89. The Morgan fingerprint density at radius 2 is 1.75 bits per heavy atom. The molecule has 0 fully saturated rings. The number of ether oxygens (including phenoxy) is 1. The van der Waals surface area contributed by atoms with E-state index in [9.17, 15) is 13.2 Å². The topological polar surface area (TPSA) is 66.9 Å². The van der Waals surface area contributed by atoms with Crippen molar-refractivity contribution in [3.8, 4) is 5.75 Å². The van der Waals surface area contributed by atoms with E-state index in [0.29, 0.717) is 18.8 Å². The van der Waals surface area contributed by atoms with Crippen molar-refractivity contribution in [1.29, 1.82) is 0 Å². The predicted octanol–water partition coefficient (Wildman–Crippen LogP) is 4.16. The number of hydrogen-bond donors (Lipinski definition) is 0. The molecule has 0 atom stereocenters. The second kappa shape index (κ2) is 11.1. The molecule has 1 heterocycles.